The van der Waals surface area contributed by atoms with Crippen molar-refractivity contribution in [2.45, 2.75) is 19.1 Å². The molecule has 2 N–H and O–H groups in total. The fourth-order valence-corrected chi connectivity index (χ4v) is 4.60. The third kappa shape index (κ3) is 3.61. The summed E-state index contributed by atoms with van der Waals surface area (Å²) in [6.45, 7) is 1.71. The first-order valence-corrected chi connectivity index (χ1v) is 11.2. The van der Waals surface area contributed by atoms with Crippen LogP contribution in [0.5, 0.6) is 5.88 Å². The van der Waals surface area contributed by atoms with Crippen LogP contribution < -0.4 is 15.4 Å². The van der Waals surface area contributed by atoms with Gasteiger partial charge < -0.3 is 10.5 Å². The van der Waals surface area contributed by atoms with E-state index in [1.807, 2.05) is 0 Å². The van der Waals surface area contributed by atoms with Crippen LogP contribution >= 0.6 is 0 Å². The number of nitrogens with zero attached hydrogens (tertiary/aromatic N) is 7. The number of alkyl halides is 3. The molecule has 0 saturated heterocycles. The molecule has 6 rings (SSSR count). The van der Waals surface area contributed by atoms with Crippen molar-refractivity contribution in [3.05, 3.63) is 71.6 Å². The molecule has 0 radical (unpaired) electrons. The van der Waals surface area contributed by atoms with E-state index >= 15 is 0 Å². The molecule has 188 valence electrons. The SMILES string of the molecule is Cc1cc2nc(N)c3cncn3c2cc1C(=O)N(c1cnn(C)c1)C1COc2nc(C(F)(F)F)ccc21. The first-order valence-electron chi connectivity index (χ1n) is 11.2. The quantitative estimate of drug-likeness (QED) is 0.395. The molecule has 0 spiro atoms. The molecule has 0 saturated carbocycles. The molecule has 5 aromatic rings. The zero-order valence-corrected chi connectivity index (χ0v) is 19.6. The lowest BCUT2D eigenvalue weighted by Gasteiger charge is -2.27. The van der Waals surface area contributed by atoms with E-state index in [-0.39, 0.29) is 18.4 Å². The maximum Gasteiger partial charge on any atom is 0.433 e. The summed E-state index contributed by atoms with van der Waals surface area (Å²) in [5.41, 5.74) is 8.64. The number of aromatic nitrogens is 6. The Balaban J connectivity index is 1.49. The predicted molar refractivity (Wildman–Crippen MR) is 127 cm³/mol. The predicted octanol–water partition coefficient (Wildman–Crippen LogP) is 3.70. The highest BCUT2D eigenvalue weighted by Crippen LogP contribution is 2.40. The summed E-state index contributed by atoms with van der Waals surface area (Å²) in [6, 6.07) is 4.93. The number of hydrogen-bond donors (Lipinski definition) is 1. The van der Waals surface area contributed by atoms with Crippen molar-refractivity contribution in [2.75, 3.05) is 17.2 Å². The molecule has 1 unspecified atom stereocenters. The van der Waals surface area contributed by atoms with Gasteiger partial charge in [0, 0.05) is 24.4 Å². The average Bonchev–Trinajstić information content (AvgIpc) is 3.59. The topological polar surface area (TPSA) is 116 Å². The highest BCUT2D eigenvalue weighted by atomic mass is 19.4. The maximum absolute atomic E-state index is 14.1. The number of pyridine rings is 1. The van der Waals surface area contributed by atoms with Crippen LogP contribution in [-0.2, 0) is 13.2 Å². The number of aryl methyl sites for hydroxylation is 2. The Kier molecular flexibility index (Phi) is 4.87. The average molecular weight is 508 g/mol. The fraction of sp³-hybridized carbons (Fsp3) is 0.208. The van der Waals surface area contributed by atoms with Crippen molar-refractivity contribution in [3.63, 3.8) is 0 Å². The van der Waals surface area contributed by atoms with Crippen molar-refractivity contribution in [2.24, 2.45) is 7.05 Å². The molecule has 10 nitrogen and oxygen atoms in total. The zero-order chi connectivity index (χ0) is 26.1. The van der Waals surface area contributed by atoms with E-state index < -0.39 is 17.9 Å². The minimum atomic E-state index is -4.62. The number of imidazole rings is 1. The zero-order valence-electron chi connectivity index (χ0n) is 19.6. The van der Waals surface area contributed by atoms with E-state index in [2.05, 4.69) is 20.1 Å². The van der Waals surface area contributed by atoms with E-state index in [4.69, 9.17) is 10.5 Å². The van der Waals surface area contributed by atoms with E-state index in [1.165, 1.54) is 21.8 Å². The summed E-state index contributed by atoms with van der Waals surface area (Å²) in [5.74, 6) is -0.235. The van der Waals surface area contributed by atoms with Crippen LogP contribution in [0.4, 0.5) is 24.7 Å². The van der Waals surface area contributed by atoms with Crippen LogP contribution in [-0.4, -0.2) is 41.6 Å². The number of hydrogen-bond acceptors (Lipinski definition) is 7. The largest absolute Gasteiger partial charge is 0.475 e. The minimum Gasteiger partial charge on any atom is -0.475 e. The van der Waals surface area contributed by atoms with Crippen molar-refractivity contribution >= 4 is 34.0 Å². The molecule has 1 aliphatic rings. The van der Waals surface area contributed by atoms with Crippen molar-refractivity contribution < 1.29 is 22.7 Å². The summed E-state index contributed by atoms with van der Waals surface area (Å²) in [7, 11) is 1.70. The molecule has 0 bridgehead atoms. The van der Waals surface area contributed by atoms with Crippen LogP contribution in [0.1, 0.15) is 33.2 Å². The number of halogens is 3. The van der Waals surface area contributed by atoms with Gasteiger partial charge in [-0.3, -0.25) is 18.8 Å². The normalized spacial score (nSPS) is 15.2. The van der Waals surface area contributed by atoms with Gasteiger partial charge in [0.1, 0.15) is 29.7 Å². The van der Waals surface area contributed by atoms with E-state index in [9.17, 15) is 18.0 Å². The van der Waals surface area contributed by atoms with Gasteiger partial charge >= 0.3 is 6.18 Å². The Morgan fingerprint density at radius 2 is 2.00 bits per heavy atom. The third-order valence-electron chi connectivity index (χ3n) is 6.37. The fourth-order valence-electron chi connectivity index (χ4n) is 4.60. The second-order valence-electron chi connectivity index (χ2n) is 8.76. The molecule has 0 aliphatic carbocycles. The summed E-state index contributed by atoms with van der Waals surface area (Å²) in [6.07, 6.45) is 1.72. The Morgan fingerprint density at radius 3 is 2.73 bits per heavy atom. The molecule has 5 heterocycles. The molecular formula is C24H19F3N8O2. The van der Waals surface area contributed by atoms with Crippen molar-refractivity contribution in [3.8, 4) is 5.88 Å². The number of fused-ring (bicyclic) bond motifs is 4. The number of carbonyl (C=O) groups excluding carboxylic acids is 1. The van der Waals surface area contributed by atoms with Gasteiger partial charge in [-0.15, -0.1) is 0 Å². The lowest BCUT2D eigenvalue weighted by molar-refractivity contribution is -0.141. The standard InChI is InChI=1S/C24H19F3N8O2/c1-12-5-16-17(34-11-29-8-18(34)21(28)31-16)6-15(12)23(36)35(13-7-30-33(2)9-13)19-10-37-22-14(19)3-4-20(32-22)24(25,26)27/h3-9,11,19H,10H2,1-2H3,(H2,28,31). The monoisotopic (exact) mass is 508 g/mol. The van der Waals surface area contributed by atoms with Crippen molar-refractivity contribution in [1.29, 1.82) is 0 Å². The second kappa shape index (κ2) is 7.91. The van der Waals surface area contributed by atoms with Gasteiger partial charge in [-0.2, -0.15) is 18.3 Å². The Bertz CT molecular complexity index is 1710. The Hall–Kier alpha value is -4.68. The van der Waals surface area contributed by atoms with Gasteiger partial charge in [-0.1, -0.05) is 0 Å². The molecule has 0 fully saturated rings. The third-order valence-corrected chi connectivity index (χ3v) is 6.37. The first kappa shape index (κ1) is 22.8. The molecule has 37 heavy (non-hydrogen) atoms. The van der Waals surface area contributed by atoms with Gasteiger partial charge in [-0.05, 0) is 36.8 Å². The number of benzene rings is 1. The molecule has 1 atom stereocenters. The smallest absolute Gasteiger partial charge is 0.433 e. The van der Waals surface area contributed by atoms with E-state index in [1.54, 1.807) is 49.2 Å². The van der Waals surface area contributed by atoms with Gasteiger partial charge in [0.2, 0.25) is 5.88 Å². The number of ether oxygens (including phenoxy) is 1. The summed E-state index contributed by atoms with van der Waals surface area (Å²) in [5, 5.41) is 4.18. The number of nitrogens with two attached hydrogens (primary N) is 1. The van der Waals surface area contributed by atoms with Gasteiger partial charge in [-0.25, -0.2) is 15.0 Å². The van der Waals surface area contributed by atoms with Gasteiger partial charge in [0.15, 0.2) is 0 Å². The number of nitrogen functional groups attached to an aromatic ring is 1. The molecule has 1 amide bonds. The molecular weight excluding hydrogens is 489 g/mol. The van der Waals surface area contributed by atoms with E-state index in [0.717, 1.165) is 6.07 Å². The van der Waals surface area contributed by atoms with Crippen LogP contribution in [0, 0.1) is 6.92 Å². The van der Waals surface area contributed by atoms with Crippen LogP contribution in [0.3, 0.4) is 0 Å². The van der Waals surface area contributed by atoms with Crippen LogP contribution in [0.15, 0.2) is 49.2 Å². The Labute approximate surface area is 207 Å². The van der Waals surface area contributed by atoms with Crippen LogP contribution in [0.2, 0.25) is 0 Å². The maximum atomic E-state index is 14.1. The van der Waals surface area contributed by atoms with Crippen LogP contribution in [0.25, 0.3) is 16.6 Å². The second-order valence-corrected chi connectivity index (χ2v) is 8.76. The first-order chi connectivity index (χ1) is 17.6. The number of rotatable bonds is 3. The molecule has 4 aromatic heterocycles. The highest BCUT2D eigenvalue weighted by Gasteiger charge is 2.39. The summed E-state index contributed by atoms with van der Waals surface area (Å²) < 4.78 is 48.4. The number of anilines is 2. The molecule has 1 aliphatic heterocycles. The Morgan fingerprint density at radius 1 is 1.19 bits per heavy atom. The lowest BCUT2D eigenvalue weighted by atomic mass is 10.0. The summed E-state index contributed by atoms with van der Waals surface area (Å²) >= 11 is 0. The lowest BCUT2D eigenvalue weighted by Crippen LogP contribution is -2.36. The summed E-state index contributed by atoms with van der Waals surface area (Å²) in [4.78, 5) is 27.8. The van der Waals surface area contributed by atoms with Gasteiger partial charge in [0.25, 0.3) is 5.91 Å². The minimum absolute atomic E-state index is 0.0687. The number of amides is 1. The van der Waals surface area contributed by atoms with Crippen molar-refractivity contribution in [1.82, 2.24) is 29.1 Å². The molecule has 13 heteroatoms. The van der Waals surface area contributed by atoms with Gasteiger partial charge in [0.05, 0.1) is 35.4 Å². The van der Waals surface area contributed by atoms with E-state index in [0.29, 0.717) is 44.7 Å². The highest BCUT2D eigenvalue weighted by molar-refractivity contribution is 6.09. The number of carbonyl (C=O) groups is 1. The molecule has 1 aromatic carbocycles.